The summed E-state index contributed by atoms with van der Waals surface area (Å²) < 4.78 is 0. The Labute approximate surface area is 163 Å². The van der Waals surface area contributed by atoms with Crippen molar-refractivity contribution in [3.05, 3.63) is 54.6 Å². The van der Waals surface area contributed by atoms with Gasteiger partial charge in [0.25, 0.3) is 0 Å². The standard InChI is InChI=1S/C22H31N3S/c1-3-5-10-18(9-4-2)17-23-22(26)25-21-15-13-20(14-16-21)24-19-11-7-6-8-12-19/h6-8,11-16,18,24H,3-5,9-10,17H2,1-2H3,(H2,23,25,26). The van der Waals surface area contributed by atoms with Crippen molar-refractivity contribution >= 4 is 34.4 Å². The normalized spacial score (nSPS) is 11.6. The van der Waals surface area contributed by atoms with Crippen LogP contribution in [0.25, 0.3) is 0 Å². The molecule has 1 atom stereocenters. The van der Waals surface area contributed by atoms with E-state index in [0.29, 0.717) is 11.0 Å². The summed E-state index contributed by atoms with van der Waals surface area (Å²) in [7, 11) is 0. The maximum atomic E-state index is 5.45. The van der Waals surface area contributed by atoms with Crippen molar-refractivity contribution in [3.63, 3.8) is 0 Å². The van der Waals surface area contributed by atoms with Crippen molar-refractivity contribution in [3.8, 4) is 0 Å². The number of nitrogens with one attached hydrogen (secondary N) is 3. The number of hydrogen-bond acceptors (Lipinski definition) is 2. The van der Waals surface area contributed by atoms with Gasteiger partial charge in [-0.1, -0.05) is 51.3 Å². The molecule has 3 nitrogen and oxygen atoms in total. The van der Waals surface area contributed by atoms with Gasteiger partial charge >= 0.3 is 0 Å². The molecule has 0 fully saturated rings. The second-order valence-corrected chi connectivity index (χ2v) is 7.11. The van der Waals surface area contributed by atoms with Gasteiger partial charge < -0.3 is 16.0 Å². The van der Waals surface area contributed by atoms with Crippen molar-refractivity contribution in [2.75, 3.05) is 17.2 Å². The van der Waals surface area contributed by atoms with E-state index in [1.165, 1.54) is 32.1 Å². The Morgan fingerprint density at radius 2 is 1.50 bits per heavy atom. The van der Waals surface area contributed by atoms with Crippen molar-refractivity contribution < 1.29 is 0 Å². The highest BCUT2D eigenvalue weighted by atomic mass is 32.1. The Bertz CT molecular complexity index is 640. The summed E-state index contributed by atoms with van der Waals surface area (Å²) in [6.07, 6.45) is 6.32. The van der Waals surface area contributed by atoms with Crippen LogP contribution in [0.4, 0.5) is 17.1 Å². The zero-order valence-corrected chi connectivity index (χ0v) is 16.7. The Morgan fingerprint density at radius 3 is 2.15 bits per heavy atom. The molecule has 0 saturated carbocycles. The SMILES string of the molecule is CCCCC(CCC)CNC(=S)Nc1ccc(Nc2ccccc2)cc1. The maximum Gasteiger partial charge on any atom is 0.170 e. The van der Waals surface area contributed by atoms with Gasteiger partial charge in [-0.15, -0.1) is 0 Å². The van der Waals surface area contributed by atoms with E-state index in [9.17, 15) is 0 Å². The summed E-state index contributed by atoms with van der Waals surface area (Å²) in [4.78, 5) is 0. The molecule has 140 valence electrons. The minimum absolute atomic E-state index is 0.700. The quantitative estimate of drug-likeness (QED) is 0.428. The first-order chi connectivity index (χ1) is 12.7. The van der Waals surface area contributed by atoms with Gasteiger partial charge in [0.1, 0.15) is 0 Å². The average molecular weight is 370 g/mol. The van der Waals surface area contributed by atoms with Gasteiger partial charge in [0, 0.05) is 23.6 Å². The predicted octanol–water partition coefficient (Wildman–Crippen LogP) is 6.32. The van der Waals surface area contributed by atoms with Crippen LogP contribution >= 0.6 is 12.2 Å². The summed E-state index contributed by atoms with van der Waals surface area (Å²) in [5, 5.41) is 10.7. The molecule has 0 amide bonds. The van der Waals surface area contributed by atoms with Crippen molar-refractivity contribution in [2.24, 2.45) is 5.92 Å². The number of rotatable bonds is 10. The first-order valence-electron chi connectivity index (χ1n) is 9.68. The third kappa shape index (κ3) is 7.44. The van der Waals surface area contributed by atoms with E-state index in [4.69, 9.17) is 12.2 Å². The molecular weight excluding hydrogens is 338 g/mol. The summed E-state index contributed by atoms with van der Waals surface area (Å²) in [6, 6.07) is 18.4. The van der Waals surface area contributed by atoms with Gasteiger partial charge in [0.15, 0.2) is 5.11 Å². The minimum atomic E-state index is 0.700. The Kier molecular flexibility index (Phi) is 8.98. The third-order valence-electron chi connectivity index (χ3n) is 4.42. The fourth-order valence-corrected chi connectivity index (χ4v) is 3.19. The zero-order chi connectivity index (χ0) is 18.6. The average Bonchev–Trinajstić information content (AvgIpc) is 2.66. The summed E-state index contributed by atoms with van der Waals surface area (Å²) in [6.45, 7) is 5.45. The number of thiocarbonyl (C=S) groups is 1. The van der Waals surface area contributed by atoms with Crippen LogP contribution in [0.1, 0.15) is 46.0 Å². The highest BCUT2D eigenvalue weighted by Crippen LogP contribution is 2.19. The number of hydrogen-bond donors (Lipinski definition) is 3. The highest BCUT2D eigenvalue weighted by Gasteiger charge is 2.08. The largest absolute Gasteiger partial charge is 0.362 e. The fourth-order valence-electron chi connectivity index (χ4n) is 2.99. The van der Waals surface area contributed by atoms with E-state index in [-0.39, 0.29) is 0 Å². The van der Waals surface area contributed by atoms with E-state index in [2.05, 4.69) is 54.1 Å². The second kappa shape index (κ2) is 11.5. The molecule has 1 unspecified atom stereocenters. The van der Waals surface area contributed by atoms with E-state index < -0.39 is 0 Å². The lowest BCUT2D eigenvalue weighted by Crippen LogP contribution is -2.32. The molecule has 4 heteroatoms. The third-order valence-corrected chi connectivity index (χ3v) is 4.67. The van der Waals surface area contributed by atoms with Gasteiger partial charge in [-0.05, 0) is 67.4 Å². The van der Waals surface area contributed by atoms with Crippen LogP contribution in [0.15, 0.2) is 54.6 Å². The number of para-hydroxylation sites is 1. The summed E-state index contributed by atoms with van der Waals surface area (Å²) in [5.74, 6) is 0.706. The molecule has 0 aliphatic rings. The molecule has 0 aliphatic heterocycles. The van der Waals surface area contributed by atoms with Crippen LogP contribution < -0.4 is 16.0 Å². The molecule has 2 aromatic carbocycles. The molecule has 0 spiro atoms. The molecule has 26 heavy (non-hydrogen) atoms. The molecule has 0 aliphatic carbocycles. The molecule has 0 radical (unpaired) electrons. The van der Waals surface area contributed by atoms with Crippen molar-refractivity contribution in [1.29, 1.82) is 0 Å². The van der Waals surface area contributed by atoms with E-state index in [1.807, 2.05) is 30.3 Å². The zero-order valence-electron chi connectivity index (χ0n) is 15.9. The molecule has 0 bridgehead atoms. The molecule has 2 aromatic rings. The van der Waals surface area contributed by atoms with Crippen molar-refractivity contribution in [2.45, 2.75) is 46.0 Å². The lowest BCUT2D eigenvalue weighted by Gasteiger charge is -2.18. The van der Waals surface area contributed by atoms with E-state index in [1.54, 1.807) is 0 Å². The van der Waals surface area contributed by atoms with Crippen LogP contribution in [0.5, 0.6) is 0 Å². The molecule has 2 rings (SSSR count). The summed E-state index contributed by atoms with van der Waals surface area (Å²) >= 11 is 5.45. The number of unbranched alkanes of at least 4 members (excludes halogenated alkanes) is 1. The lowest BCUT2D eigenvalue weighted by atomic mass is 9.97. The van der Waals surface area contributed by atoms with Gasteiger partial charge in [-0.3, -0.25) is 0 Å². The highest BCUT2D eigenvalue weighted by molar-refractivity contribution is 7.80. The number of benzene rings is 2. The van der Waals surface area contributed by atoms with Gasteiger partial charge in [-0.25, -0.2) is 0 Å². The van der Waals surface area contributed by atoms with Gasteiger partial charge in [-0.2, -0.15) is 0 Å². The molecular formula is C22H31N3S. The Hall–Kier alpha value is -2.07. The van der Waals surface area contributed by atoms with Crippen LogP contribution in [-0.2, 0) is 0 Å². The Morgan fingerprint density at radius 1 is 0.846 bits per heavy atom. The molecule has 0 aromatic heterocycles. The van der Waals surface area contributed by atoms with Crippen LogP contribution in [0.3, 0.4) is 0 Å². The first-order valence-corrected chi connectivity index (χ1v) is 10.1. The van der Waals surface area contributed by atoms with Crippen LogP contribution in [-0.4, -0.2) is 11.7 Å². The minimum Gasteiger partial charge on any atom is -0.362 e. The summed E-state index contributed by atoms with van der Waals surface area (Å²) in [5.41, 5.74) is 3.14. The smallest absolute Gasteiger partial charge is 0.170 e. The first kappa shape index (κ1) is 20.2. The van der Waals surface area contributed by atoms with Gasteiger partial charge in [0.05, 0.1) is 0 Å². The van der Waals surface area contributed by atoms with E-state index in [0.717, 1.165) is 23.6 Å². The predicted molar refractivity (Wildman–Crippen MR) is 118 cm³/mol. The van der Waals surface area contributed by atoms with Crippen molar-refractivity contribution in [1.82, 2.24) is 5.32 Å². The molecule has 3 N–H and O–H groups in total. The number of anilines is 3. The Balaban J connectivity index is 1.79. The van der Waals surface area contributed by atoms with Crippen LogP contribution in [0.2, 0.25) is 0 Å². The lowest BCUT2D eigenvalue weighted by molar-refractivity contribution is 0.425. The molecule has 0 saturated heterocycles. The van der Waals surface area contributed by atoms with Gasteiger partial charge in [0.2, 0.25) is 0 Å². The molecule has 0 heterocycles. The maximum absolute atomic E-state index is 5.45. The topological polar surface area (TPSA) is 36.1 Å². The van der Waals surface area contributed by atoms with E-state index >= 15 is 0 Å². The monoisotopic (exact) mass is 369 g/mol. The second-order valence-electron chi connectivity index (χ2n) is 6.70. The van der Waals surface area contributed by atoms with Crippen LogP contribution in [0, 0.1) is 5.92 Å². The fraction of sp³-hybridized carbons (Fsp3) is 0.409.